The first kappa shape index (κ1) is 13.0. The van der Waals surface area contributed by atoms with Crippen LogP contribution in [0.1, 0.15) is 17.4 Å². The van der Waals surface area contributed by atoms with Crippen molar-refractivity contribution in [2.45, 2.75) is 12.5 Å². The first-order valence-corrected chi connectivity index (χ1v) is 6.55. The van der Waals surface area contributed by atoms with Gasteiger partial charge in [0.05, 0.1) is 16.8 Å². The maximum Gasteiger partial charge on any atom is 0.134 e. The van der Waals surface area contributed by atoms with Gasteiger partial charge in [-0.1, -0.05) is 29.3 Å². The van der Waals surface area contributed by atoms with Crippen LogP contribution in [-0.4, -0.2) is 0 Å². The Bertz CT molecular complexity index is 527. The number of nitrogens with two attached hydrogens (primary N) is 1. The summed E-state index contributed by atoms with van der Waals surface area (Å²) >= 11 is 15.3. The summed E-state index contributed by atoms with van der Waals surface area (Å²) in [6.45, 7) is 0. The molecule has 2 nitrogen and oxygen atoms in total. The lowest BCUT2D eigenvalue weighted by molar-refractivity contribution is 0.462. The molecule has 0 spiro atoms. The van der Waals surface area contributed by atoms with Crippen LogP contribution in [0.15, 0.2) is 39.4 Å². The van der Waals surface area contributed by atoms with Crippen LogP contribution in [-0.2, 0) is 6.42 Å². The molecule has 2 N–H and O–H groups in total. The van der Waals surface area contributed by atoms with Crippen LogP contribution in [0.2, 0.25) is 10.0 Å². The zero-order valence-corrected chi connectivity index (χ0v) is 11.9. The highest BCUT2D eigenvalue weighted by Gasteiger charge is 2.15. The average molecular weight is 335 g/mol. The molecule has 1 atom stereocenters. The SMILES string of the molecule is NC(Cc1ccc(Cl)cc1Cl)c1occc1Br. The van der Waals surface area contributed by atoms with E-state index in [-0.39, 0.29) is 6.04 Å². The van der Waals surface area contributed by atoms with Gasteiger partial charge in [0.15, 0.2) is 0 Å². The van der Waals surface area contributed by atoms with Gasteiger partial charge in [-0.3, -0.25) is 0 Å². The van der Waals surface area contributed by atoms with Crippen LogP contribution in [0.3, 0.4) is 0 Å². The van der Waals surface area contributed by atoms with Crippen LogP contribution in [0.25, 0.3) is 0 Å². The molecule has 1 aromatic carbocycles. The van der Waals surface area contributed by atoms with E-state index in [9.17, 15) is 0 Å². The third kappa shape index (κ3) is 3.05. The maximum absolute atomic E-state index is 6.09. The zero-order chi connectivity index (χ0) is 12.4. The Morgan fingerprint density at radius 2 is 2.06 bits per heavy atom. The van der Waals surface area contributed by atoms with Crippen LogP contribution < -0.4 is 5.73 Å². The van der Waals surface area contributed by atoms with Gasteiger partial charge in [-0.25, -0.2) is 0 Å². The Hall–Kier alpha value is -0.480. The van der Waals surface area contributed by atoms with Crippen molar-refractivity contribution in [3.63, 3.8) is 0 Å². The molecule has 1 heterocycles. The molecule has 5 heteroatoms. The van der Waals surface area contributed by atoms with Gasteiger partial charge in [0, 0.05) is 10.0 Å². The van der Waals surface area contributed by atoms with Crippen molar-refractivity contribution in [3.8, 4) is 0 Å². The van der Waals surface area contributed by atoms with E-state index in [2.05, 4.69) is 15.9 Å². The van der Waals surface area contributed by atoms with E-state index < -0.39 is 0 Å². The minimum Gasteiger partial charge on any atom is -0.466 e. The molecule has 2 rings (SSSR count). The number of benzene rings is 1. The van der Waals surface area contributed by atoms with Crippen LogP contribution in [0, 0.1) is 0 Å². The molecule has 0 bridgehead atoms. The van der Waals surface area contributed by atoms with Crippen LogP contribution in [0.4, 0.5) is 0 Å². The summed E-state index contributed by atoms with van der Waals surface area (Å²) in [6.07, 6.45) is 2.20. The van der Waals surface area contributed by atoms with Gasteiger partial charge >= 0.3 is 0 Å². The molecule has 0 radical (unpaired) electrons. The summed E-state index contributed by atoms with van der Waals surface area (Å²) in [5, 5.41) is 1.24. The fourth-order valence-corrected chi connectivity index (χ4v) is 2.57. The van der Waals surface area contributed by atoms with E-state index in [0.29, 0.717) is 16.5 Å². The first-order chi connectivity index (χ1) is 8.08. The topological polar surface area (TPSA) is 39.2 Å². The van der Waals surface area contributed by atoms with Crippen molar-refractivity contribution in [2.24, 2.45) is 5.73 Å². The molecule has 17 heavy (non-hydrogen) atoms. The van der Waals surface area contributed by atoms with Gasteiger partial charge < -0.3 is 10.2 Å². The molecule has 0 amide bonds. The molecule has 0 aliphatic carbocycles. The van der Waals surface area contributed by atoms with Crippen molar-refractivity contribution in [1.29, 1.82) is 0 Å². The van der Waals surface area contributed by atoms with Gasteiger partial charge in [0.2, 0.25) is 0 Å². The molecular weight excluding hydrogens is 325 g/mol. The van der Waals surface area contributed by atoms with Crippen molar-refractivity contribution in [3.05, 3.63) is 56.4 Å². The Morgan fingerprint density at radius 3 is 2.65 bits per heavy atom. The molecule has 90 valence electrons. The fourth-order valence-electron chi connectivity index (χ4n) is 1.59. The van der Waals surface area contributed by atoms with Gasteiger partial charge in [0.25, 0.3) is 0 Å². The smallest absolute Gasteiger partial charge is 0.134 e. The summed E-state index contributed by atoms with van der Waals surface area (Å²) in [4.78, 5) is 0. The standard InChI is InChI=1S/C12H10BrCl2NO/c13-9-3-4-17-12(9)11(16)5-7-1-2-8(14)6-10(7)15/h1-4,6,11H,5,16H2. The lowest BCUT2D eigenvalue weighted by Gasteiger charge is -2.11. The highest BCUT2D eigenvalue weighted by Crippen LogP contribution is 2.28. The van der Waals surface area contributed by atoms with Crippen molar-refractivity contribution >= 4 is 39.1 Å². The predicted octanol–water partition coefficient (Wildman–Crippen LogP) is 4.59. The number of hydrogen-bond acceptors (Lipinski definition) is 2. The summed E-state index contributed by atoms with van der Waals surface area (Å²) in [5.74, 6) is 0.719. The van der Waals surface area contributed by atoms with E-state index in [0.717, 1.165) is 15.8 Å². The van der Waals surface area contributed by atoms with Crippen molar-refractivity contribution in [2.75, 3.05) is 0 Å². The molecule has 1 aromatic heterocycles. The quantitative estimate of drug-likeness (QED) is 0.891. The van der Waals surface area contributed by atoms with Gasteiger partial charge in [-0.2, -0.15) is 0 Å². The van der Waals surface area contributed by atoms with Crippen LogP contribution in [0.5, 0.6) is 0 Å². The van der Waals surface area contributed by atoms with Crippen molar-refractivity contribution in [1.82, 2.24) is 0 Å². The second-order valence-electron chi connectivity index (χ2n) is 3.68. The first-order valence-electron chi connectivity index (χ1n) is 5.00. The molecule has 0 saturated carbocycles. The Kier molecular flexibility index (Phi) is 4.15. The lowest BCUT2D eigenvalue weighted by atomic mass is 10.0. The minimum atomic E-state index is -0.238. The molecule has 2 aromatic rings. The van der Waals surface area contributed by atoms with E-state index in [4.69, 9.17) is 33.4 Å². The summed E-state index contributed by atoms with van der Waals surface area (Å²) in [6, 6.07) is 6.97. The largest absolute Gasteiger partial charge is 0.466 e. The maximum atomic E-state index is 6.09. The number of hydrogen-bond donors (Lipinski definition) is 1. The van der Waals surface area contributed by atoms with Gasteiger partial charge in [-0.05, 0) is 46.1 Å². The monoisotopic (exact) mass is 333 g/mol. The van der Waals surface area contributed by atoms with E-state index in [1.54, 1.807) is 18.4 Å². The van der Waals surface area contributed by atoms with Crippen molar-refractivity contribution < 1.29 is 4.42 Å². The third-order valence-corrected chi connectivity index (χ3v) is 3.68. The Balaban J connectivity index is 2.19. The zero-order valence-electron chi connectivity index (χ0n) is 8.79. The van der Waals surface area contributed by atoms with E-state index in [1.807, 2.05) is 12.1 Å². The molecule has 0 saturated heterocycles. The Labute approximate surface area is 118 Å². The van der Waals surface area contributed by atoms with Crippen LogP contribution >= 0.6 is 39.1 Å². The number of rotatable bonds is 3. The van der Waals surface area contributed by atoms with Gasteiger partial charge in [-0.15, -0.1) is 0 Å². The minimum absolute atomic E-state index is 0.238. The fraction of sp³-hybridized carbons (Fsp3) is 0.167. The second kappa shape index (κ2) is 5.44. The third-order valence-electron chi connectivity index (χ3n) is 2.44. The number of furan rings is 1. The molecule has 0 aliphatic heterocycles. The average Bonchev–Trinajstić information content (AvgIpc) is 2.68. The highest BCUT2D eigenvalue weighted by atomic mass is 79.9. The lowest BCUT2D eigenvalue weighted by Crippen LogP contribution is -2.13. The summed E-state index contributed by atoms with van der Waals surface area (Å²) < 4.78 is 6.19. The second-order valence-corrected chi connectivity index (χ2v) is 5.38. The molecule has 1 unspecified atom stereocenters. The molecule has 0 fully saturated rings. The number of halogens is 3. The van der Waals surface area contributed by atoms with E-state index >= 15 is 0 Å². The molecule has 0 aliphatic rings. The summed E-state index contributed by atoms with van der Waals surface area (Å²) in [7, 11) is 0. The summed E-state index contributed by atoms with van der Waals surface area (Å²) in [5.41, 5.74) is 7.01. The normalized spacial score (nSPS) is 12.7. The van der Waals surface area contributed by atoms with E-state index in [1.165, 1.54) is 0 Å². The highest BCUT2D eigenvalue weighted by molar-refractivity contribution is 9.10. The predicted molar refractivity (Wildman–Crippen MR) is 73.5 cm³/mol. The van der Waals surface area contributed by atoms with Gasteiger partial charge in [0.1, 0.15) is 5.76 Å². The molecular formula is C12H10BrCl2NO. The Morgan fingerprint density at radius 1 is 1.29 bits per heavy atom.